The molecule has 0 bridgehead atoms. The average Bonchev–Trinajstić information content (AvgIpc) is 2.38. The van der Waals surface area contributed by atoms with Gasteiger partial charge in [-0.3, -0.25) is 0 Å². The second kappa shape index (κ2) is 8.34. The first-order valence-electron chi connectivity index (χ1n) is 7.58. The number of hydrogen-bond acceptors (Lipinski definition) is 2. The molecule has 1 N–H and O–H groups in total. The van der Waals surface area contributed by atoms with E-state index in [0.717, 1.165) is 13.1 Å². The fourth-order valence-electron chi connectivity index (χ4n) is 2.59. The van der Waals surface area contributed by atoms with Crippen LogP contribution < -0.4 is 5.32 Å². The highest BCUT2D eigenvalue weighted by atomic mass is 15.1. The summed E-state index contributed by atoms with van der Waals surface area (Å²) in [5.41, 5.74) is 4.12. The van der Waals surface area contributed by atoms with Gasteiger partial charge in [-0.1, -0.05) is 49.6 Å². The third-order valence-electron chi connectivity index (χ3n) is 3.71. The van der Waals surface area contributed by atoms with Crippen LogP contribution in [0.5, 0.6) is 0 Å². The maximum Gasteiger partial charge on any atom is 0.0447 e. The monoisotopic (exact) mass is 262 g/mol. The quantitative estimate of drug-likeness (QED) is 0.768. The molecule has 19 heavy (non-hydrogen) atoms. The molecule has 0 aliphatic heterocycles. The Bertz CT molecular complexity index is 353. The van der Waals surface area contributed by atoms with E-state index in [9.17, 15) is 0 Å². The number of unbranched alkanes of at least 4 members (excludes halogenated alkanes) is 1. The summed E-state index contributed by atoms with van der Waals surface area (Å²) in [6.07, 6.45) is 2.56. The van der Waals surface area contributed by atoms with Crippen LogP contribution >= 0.6 is 0 Å². The van der Waals surface area contributed by atoms with Crippen molar-refractivity contribution in [3.63, 3.8) is 0 Å². The predicted molar refractivity (Wildman–Crippen MR) is 84.7 cm³/mol. The van der Waals surface area contributed by atoms with Crippen molar-refractivity contribution in [1.82, 2.24) is 10.2 Å². The van der Waals surface area contributed by atoms with Gasteiger partial charge in [0.05, 0.1) is 0 Å². The van der Waals surface area contributed by atoms with Crippen LogP contribution in [0.15, 0.2) is 18.2 Å². The first-order valence-corrected chi connectivity index (χ1v) is 7.58. The van der Waals surface area contributed by atoms with Crippen LogP contribution in [0.3, 0.4) is 0 Å². The number of likely N-dealkylation sites (N-methyl/N-ethyl adjacent to an activating group) is 2. The second-order valence-corrected chi connectivity index (χ2v) is 5.51. The lowest BCUT2D eigenvalue weighted by atomic mass is 10.0. The molecule has 0 heterocycles. The molecule has 0 spiro atoms. The zero-order valence-electron chi connectivity index (χ0n) is 13.3. The van der Waals surface area contributed by atoms with Crippen LogP contribution in [-0.4, -0.2) is 31.6 Å². The van der Waals surface area contributed by atoms with Crippen molar-refractivity contribution in [3.8, 4) is 0 Å². The van der Waals surface area contributed by atoms with Gasteiger partial charge >= 0.3 is 0 Å². The van der Waals surface area contributed by atoms with Crippen molar-refractivity contribution in [2.75, 3.05) is 26.7 Å². The van der Waals surface area contributed by atoms with Crippen molar-refractivity contribution in [1.29, 1.82) is 0 Å². The summed E-state index contributed by atoms with van der Waals surface area (Å²) in [6.45, 7) is 12.3. The molecule has 0 saturated carbocycles. The Morgan fingerprint density at radius 3 is 2.21 bits per heavy atom. The summed E-state index contributed by atoms with van der Waals surface area (Å²) in [5, 5.41) is 3.47. The van der Waals surface area contributed by atoms with Gasteiger partial charge in [-0.2, -0.15) is 0 Å². The first-order chi connectivity index (χ1) is 9.10. The molecule has 0 aromatic heterocycles. The number of hydrogen-bond donors (Lipinski definition) is 1. The molecule has 0 saturated heterocycles. The van der Waals surface area contributed by atoms with Gasteiger partial charge < -0.3 is 10.2 Å². The molecule has 0 radical (unpaired) electrons. The molecule has 2 nitrogen and oxygen atoms in total. The van der Waals surface area contributed by atoms with Crippen molar-refractivity contribution in [3.05, 3.63) is 34.9 Å². The lowest BCUT2D eigenvalue weighted by molar-refractivity contribution is 0.254. The Labute approximate surface area is 119 Å². The van der Waals surface area contributed by atoms with E-state index in [1.54, 1.807) is 0 Å². The van der Waals surface area contributed by atoms with Gasteiger partial charge in [0, 0.05) is 12.6 Å². The molecular weight excluding hydrogens is 232 g/mol. The number of benzene rings is 1. The van der Waals surface area contributed by atoms with Crippen molar-refractivity contribution in [2.24, 2.45) is 0 Å². The van der Waals surface area contributed by atoms with Gasteiger partial charge in [-0.15, -0.1) is 0 Å². The molecule has 1 aromatic rings. The van der Waals surface area contributed by atoms with Crippen LogP contribution in [0.2, 0.25) is 0 Å². The average molecular weight is 262 g/mol. The number of rotatable bonds is 8. The van der Waals surface area contributed by atoms with E-state index < -0.39 is 0 Å². The van der Waals surface area contributed by atoms with Gasteiger partial charge in [0.25, 0.3) is 0 Å². The van der Waals surface area contributed by atoms with Crippen LogP contribution in [0, 0.1) is 13.8 Å². The highest BCUT2D eigenvalue weighted by Crippen LogP contribution is 2.18. The molecule has 108 valence electrons. The smallest absolute Gasteiger partial charge is 0.0447 e. The van der Waals surface area contributed by atoms with E-state index in [-0.39, 0.29) is 0 Å². The Kier molecular flexibility index (Phi) is 7.11. The second-order valence-electron chi connectivity index (χ2n) is 5.51. The minimum atomic E-state index is 0.426. The van der Waals surface area contributed by atoms with E-state index >= 15 is 0 Å². The molecule has 1 rings (SSSR count). The fourth-order valence-corrected chi connectivity index (χ4v) is 2.59. The minimum Gasteiger partial charge on any atom is -0.312 e. The van der Waals surface area contributed by atoms with E-state index in [1.165, 1.54) is 36.1 Å². The number of nitrogens with zero attached hydrogens (tertiary/aromatic N) is 1. The van der Waals surface area contributed by atoms with Crippen molar-refractivity contribution >= 4 is 0 Å². The normalized spacial score (nSPS) is 12.9. The summed E-state index contributed by atoms with van der Waals surface area (Å²) in [6, 6.07) is 7.28. The zero-order chi connectivity index (χ0) is 14.3. The van der Waals surface area contributed by atoms with Crippen molar-refractivity contribution in [2.45, 2.75) is 46.6 Å². The highest BCUT2D eigenvalue weighted by Gasteiger charge is 2.13. The van der Waals surface area contributed by atoms with Crippen LogP contribution in [-0.2, 0) is 0 Å². The van der Waals surface area contributed by atoms with Crippen LogP contribution in [0.25, 0.3) is 0 Å². The molecule has 1 aromatic carbocycles. The van der Waals surface area contributed by atoms with E-state index in [2.05, 4.69) is 63.2 Å². The summed E-state index contributed by atoms with van der Waals surface area (Å²) >= 11 is 0. The Morgan fingerprint density at radius 1 is 1.11 bits per heavy atom. The Morgan fingerprint density at radius 2 is 1.74 bits per heavy atom. The fraction of sp³-hybridized carbons (Fsp3) is 0.647. The molecule has 1 unspecified atom stereocenters. The third-order valence-corrected chi connectivity index (χ3v) is 3.71. The summed E-state index contributed by atoms with van der Waals surface area (Å²) < 4.78 is 0. The third kappa shape index (κ3) is 5.33. The van der Waals surface area contributed by atoms with Gasteiger partial charge in [0.1, 0.15) is 0 Å². The number of aryl methyl sites for hydroxylation is 2. The van der Waals surface area contributed by atoms with Crippen LogP contribution in [0.4, 0.5) is 0 Å². The first kappa shape index (κ1) is 16.2. The lowest BCUT2D eigenvalue weighted by Crippen LogP contribution is -2.34. The van der Waals surface area contributed by atoms with E-state index in [0.29, 0.717) is 6.04 Å². The largest absolute Gasteiger partial charge is 0.312 e. The molecular formula is C17H30N2. The molecule has 0 aliphatic rings. The highest BCUT2D eigenvalue weighted by molar-refractivity contribution is 5.30. The Hall–Kier alpha value is -0.860. The lowest BCUT2D eigenvalue weighted by Gasteiger charge is -2.27. The standard InChI is InChI=1S/C17H30N2/c1-6-8-9-19(7-2)13-17(18-5)16-11-14(3)10-15(4)12-16/h10-12,17-18H,6-9,13H2,1-5H3. The summed E-state index contributed by atoms with van der Waals surface area (Å²) in [5.74, 6) is 0. The zero-order valence-corrected chi connectivity index (χ0v) is 13.3. The molecule has 1 atom stereocenters. The molecule has 0 amide bonds. The molecule has 0 fully saturated rings. The molecule has 0 aliphatic carbocycles. The van der Waals surface area contributed by atoms with E-state index in [4.69, 9.17) is 0 Å². The predicted octanol–water partition coefficient (Wildman–Crippen LogP) is 3.69. The molecule has 2 heteroatoms. The Balaban J connectivity index is 2.75. The summed E-state index contributed by atoms with van der Waals surface area (Å²) in [4.78, 5) is 2.54. The van der Waals surface area contributed by atoms with Crippen LogP contribution in [0.1, 0.15) is 49.4 Å². The maximum atomic E-state index is 3.47. The van der Waals surface area contributed by atoms with Crippen molar-refractivity contribution < 1.29 is 0 Å². The van der Waals surface area contributed by atoms with Gasteiger partial charge in [-0.25, -0.2) is 0 Å². The maximum absolute atomic E-state index is 3.47. The van der Waals surface area contributed by atoms with E-state index in [1.807, 2.05) is 0 Å². The SMILES string of the molecule is CCCCN(CC)CC(NC)c1cc(C)cc(C)c1. The van der Waals surface area contributed by atoms with Gasteiger partial charge in [-0.05, 0) is 46.0 Å². The minimum absolute atomic E-state index is 0.426. The topological polar surface area (TPSA) is 15.3 Å². The number of nitrogens with one attached hydrogen (secondary N) is 1. The van der Waals surface area contributed by atoms with Gasteiger partial charge in [0.15, 0.2) is 0 Å². The summed E-state index contributed by atoms with van der Waals surface area (Å²) in [7, 11) is 2.07. The van der Waals surface area contributed by atoms with Gasteiger partial charge in [0.2, 0.25) is 0 Å².